The molecule has 2 rings (SSSR count). The van der Waals surface area contributed by atoms with Crippen LogP contribution in [0.4, 0.5) is 0 Å². The van der Waals surface area contributed by atoms with Crippen LogP contribution in [0, 0.1) is 0 Å². The van der Waals surface area contributed by atoms with Gasteiger partial charge in [0.25, 0.3) is 0 Å². The number of hydrogen-bond acceptors (Lipinski definition) is 3. The zero-order valence-electron chi connectivity index (χ0n) is 9.99. The molecule has 0 amide bonds. The largest absolute Gasteiger partial charge is 0.492 e. The standard InChI is InChI=1S/C12H19N3O/c1-4-16-9(2)12-10(8-15(3)14-12)7-13-11-5-6-11/h8,11,13H,2,4-7H2,1,3H3. The second-order valence-corrected chi connectivity index (χ2v) is 4.19. The molecular weight excluding hydrogens is 202 g/mol. The number of hydrogen-bond donors (Lipinski definition) is 1. The summed E-state index contributed by atoms with van der Waals surface area (Å²) < 4.78 is 7.22. The lowest BCUT2D eigenvalue weighted by Crippen LogP contribution is -2.15. The molecule has 0 spiro atoms. The molecule has 0 unspecified atom stereocenters. The van der Waals surface area contributed by atoms with Gasteiger partial charge in [0.15, 0.2) is 0 Å². The van der Waals surface area contributed by atoms with E-state index in [1.54, 1.807) is 0 Å². The van der Waals surface area contributed by atoms with Gasteiger partial charge in [-0.1, -0.05) is 6.58 Å². The molecule has 1 fully saturated rings. The number of nitrogens with one attached hydrogen (secondary N) is 1. The van der Waals surface area contributed by atoms with Crippen molar-refractivity contribution < 1.29 is 4.74 Å². The Morgan fingerprint density at radius 3 is 3.06 bits per heavy atom. The maximum absolute atomic E-state index is 5.41. The summed E-state index contributed by atoms with van der Waals surface area (Å²) in [4.78, 5) is 0. The Hall–Kier alpha value is -1.29. The highest BCUT2D eigenvalue weighted by atomic mass is 16.5. The fourth-order valence-electron chi connectivity index (χ4n) is 1.69. The highest BCUT2D eigenvalue weighted by molar-refractivity contribution is 5.56. The van der Waals surface area contributed by atoms with Gasteiger partial charge in [0.2, 0.25) is 0 Å². The summed E-state index contributed by atoms with van der Waals surface area (Å²) in [7, 11) is 1.92. The van der Waals surface area contributed by atoms with Gasteiger partial charge in [-0.05, 0) is 19.8 Å². The van der Waals surface area contributed by atoms with Crippen LogP contribution < -0.4 is 5.32 Å². The fourth-order valence-corrected chi connectivity index (χ4v) is 1.69. The summed E-state index contributed by atoms with van der Waals surface area (Å²) in [5, 5.41) is 7.85. The van der Waals surface area contributed by atoms with Gasteiger partial charge in [0.1, 0.15) is 11.5 Å². The third-order valence-electron chi connectivity index (χ3n) is 2.65. The molecule has 88 valence electrons. The van der Waals surface area contributed by atoms with E-state index in [1.807, 2.05) is 24.9 Å². The van der Waals surface area contributed by atoms with Crippen molar-refractivity contribution in [2.45, 2.75) is 32.4 Å². The van der Waals surface area contributed by atoms with Crippen molar-refractivity contribution in [3.8, 4) is 0 Å². The van der Waals surface area contributed by atoms with E-state index in [-0.39, 0.29) is 0 Å². The molecule has 0 atom stereocenters. The van der Waals surface area contributed by atoms with E-state index in [2.05, 4.69) is 17.0 Å². The smallest absolute Gasteiger partial charge is 0.139 e. The van der Waals surface area contributed by atoms with Crippen molar-refractivity contribution in [1.29, 1.82) is 0 Å². The van der Waals surface area contributed by atoms with Crippen molar-refractivity contribution in [1.82, 2.24) is 15.1 Å². The summed E-state index contributed by atoms with van der Waals surface area (Å²) in [6.07, 6.45) is 4.61. The van der Waals surface area contributed by atoms with Crippen molar-refractivity contribution in [3.63, 3.8) is 0 Å². The summed E-state index contributed by atoms with van der Waals surface area (Å²) in [5.41, 5.74) is 2.03. The van der Waals surface area contributed by atoms with Crippen LogP contribution in [-0.2, 0) is 18.3 Å². The van der Waals surface area contributed by atoms with Crippen LogP contribution in [0.15, 0.2) is 12.8 Å². The maximum atomic E-state index is 5.41. The average Bonchev–Trinajstić information content (AvgIpc) is 2.99. The van der Waals surface area contributed by atoms with E-state index in [1.165, 1.54) is 12.8 Å². The van der Waals surface area contributed by atoms with E-state index in [0.29, 0.717) is 18.4 Å². The first-order valence-electron chi connectivity index (χ1n) is 5.78. The van der Waals surface area contributed by atoms with Crippen LogP contribution in [0.3, 0.4) is 0 Å². The molecule has 1 aliphatic rings. The molecule has 4 nitrogen and oxygen atoms in total. The molecule has 1 aliphatic carbocycles. The molecule has 0 aliphatic heterocycles. The predicted molar refractivity (Wildman–Crippen MR) is 63.7 cm³/mol. The highest BCUT2D eigenvalue weighted by Gasteiger charge is 2.21. The lowest BCUT2D eigenvalue weighted by Gasteiger charge is -2.06. The Labute approximate surface area is 96.3 Å². The number of ether oxygens (including phenoxy) is 1. The van der Waals surface area contributed by atoms with Crippen molar-refractivity contribution in [2.24, 2.45) is 7.05 Å². The number of rotatable bonds is 6. The third-order valence-corrected chi connectivity index (χ3v) is 2.65. The average molecular weight is 221 g/mol. The second-order valence-electron chi connectivity index (χ2n) is 4.19. The van der Waals surface area contributed by atoms with E-state index >= 15 is 0 Å². The summed E-state index contributed by atoms with van der Waals surface area (Å²) >= 11 is 0. The van der Waals surface area contributed by atoms with Gasteiger partial charge in [-0.3, -0.25) is 4.68 Å². The van der Waals surface area contributed by atoms with E-state index in [9.17, 15) is 0 Å². The Morgan fingerprint density at radius 1 is 1.69 bits per heavy atom. The molecule has 0 radical (unpaired) electrons. The minimum absolute atomic E-state index is 0.630. The minimum Gasteiger partial charge on any atom is -0.492 e. The van der Waals surface area contributed by atoms with Crippen LogP contribution in [0.5, 0.6) is 0 Å². The van der Waals surface area contributed by atoms with Crippen molar-refractivity contribution in [3.05, 3.63) is 24.0 Å². The third kappa shape index (κ3) is 2.64. The second kappa shape index (κ2) is 4.70. The normalized spacial score (nSPS) is 15.1. The van der Waals surface area contributed by atoms with Gasteiger partial charge >= 0.3 is 0 Å². The predicted octanol–water partition coefficient (Wildman–Crippen LogP) is 1.68. The van der Waals surface area contributed by atoms with Crippen molar-refractivity contribution in [2.75, 3.05) is 6.61 Å². The Kier molecular flexibility index (Phi) is 3.29. The summed E-state index contributed by atoms with van der Waals surface area (Å²) in [6, 6.07) is 0.702. The van der Waals surface area contributed by atoms with E-state index < -0.39 is 0 Å². The van der Waals surface area contributed by atoms with Gasteiger partial charge < -0.3 is 10.1 Å². The van der Waals surface area contributed by atoms with Gasteiger partial charge in [-0.15, -0.1) is 0 Å². The molecule has 0 bridgehead atoms. The topological polar surface area (TPSA) is 39.1 Å². The van der Waals surface area contributed by atoms with Crippen LogP contribution in [0.2, 0.25) is 0 Å². The molecule has 16 heavy (non-hydrogen) atoms. The molecule has 1 aromatic rings. The lowest BCUT2D eigenvalue weighted by atomic mass is 10.2. The number of aryl methyl sites for hydroxylation is 1. The SMILES string of the molecule is C=C(OCC)c1nn(C)cc1CNC1CC1. The van der Waals surface area contributed by atoms with Gasteiger partial charge in [-0.2, -0.15) is 5.10 Å². The van der Waals surface area contributed by atoms with Crippen LogP contribution in [0.25, 0.3) is 5.76 Å². The zero-order chi connectivity index (χ0) is 11.5. The maximum Gasteiger partial charge on any atom is 0.139 e. The van der Waals surface area contributed by atoms with Crippen LogP contribution in [-0.4, -0.2) is 22.4 Å². The molecule has 4 heteroatoms. The van der Waals surface area contributed by atoms with Gasteiger partial charge in [0, 0.05) is 31.4 Å². The van der Waals surface area contributed by atoms with Crippen molar-refractivity contribution >= 4 is 5.76 Å². The quantitative estimate of drug-likeness (QED) is 0.743. The Bertz CT molecular complexity index is 380. The molecule has 1 aromatic heterocycles. The van der Waals surface area contributed by atoms with E-state index in [4.69, 9.17) is 4.74 Å². The first-order chi connectivity index (χ1) is 7.70. The first kappa shape index (κ1) is 11.2. The van der Waals surface area contributed by atoms with E-state index in [0.717, 1.165) is 17.8 Å². The summed E-state index contributed by atoms with van der Waals surface area (Å²) in [6.45, 7) is 7.34. The Morgan fingerprint density at radius 2 is 2.44 bits per heavy atom. The molecule has 1 saturated carbocycles. The molecule has 0 saturated heterocycles. The molecule has 1 heterocycles. The zero-order valence-corrected chi connectivity index (χ0v) is 9.99. The Balaban J connectivity index is 2.05. The van der Waals surface area contributed by atoms with Gasteiger partial charge in [-0.25, -0.2) is 0 Å². The summed E-state index contributed by atoms with van der Waals surface area (Å²) in [5.74, 6) is 0.663. The van der Waals surface area contributed by atoms with Gasteiger partial charge in [0.05, 0.1) is 6.61 Å². The molecular formula is C12H19N3O. The molecule has 0 aromatic carbocycles. The van der Waals surface area contributed by atoms with Crippen LogP contribution >= 0.6 is 0 Å². The molecule has 1 N–H and O–H groups in total. The lowest BCUT2D eigenvalue weighted by molar-refractivity contribution is 0.297. The monoisotopic (exact) mass is 221 g/mol. The van der Waals surface area contributed by atoms with Crippen LogP contribution in [0.1, 0.15) is 31.0 Å². The first-order valence-corrected chi connectivity index (χ1v) is 5.78. The number of nitrogens with zero attached hydrogens (tertiary/aromatic N) is 2. The fraction of sp³-hybridized carbons (Fsp3) is 0.583. The number of aromatic nitrogens is 2. The highest BCUT2D eigenvalue weighted by Crippen LogP contribution is 2.21. The minimum atomic E-state index is 0.630.